The average Bonchev–Trinajstić information content (AvgIpc) is 0.804. The van der Waals surface area contributed by atoms with Gasteiger partial charge in [-0.25, -0.2) is 0 Å². The van der Waals surface area contributed by atoms with Crippen molar-refractivity contribution in [2.45, 2.75) is 555 Å². The van der Waals surface area contributed by atoms with E-state index in [1.165, 1.54) is 65.3 Å². The van der Waals surface area contributed by atoms with E-state index < -0.39 is 0 Å². The van der Waals surface area contributed by atoms with E-state index in [2.05, 4.69) is 302 Å². The summed E-state index contributed by atoms with van der Waals surface area (Å²) >= 11 is 0. The first-order chi connectivity index (χ1) is 63.3. The number of hydrogen-bond donors (Lipinski definition) is 7. The van der Waals surface area contributed by atoms with Gasteiger partial charge in [0.15, 0.2) is 5.78 Å². The number of ketones is 3. The molecule has 0 spiro atoms. The summed E-state index contributed by atoms with van der Waals surface area (Å²) in [6.45, 7) is 86.9. The van der Waals surface area contributed by atoms with Crippen LogP contribution in [-0.2, 0) is 38.1 Å². The molecule has 1 aromatic heterocycles. The van der Waals surface area contributed by atoms with Gasteiger partial charge < -0.3 is 70.0 Å². The molecule has 840 valence electrons. The van der Waals surface area contributed by atoms with E-state index in [4.69, 9.17) is 34.0 Å². The molecule has 1 aromatic carbocycles. The van der Waals surface area contributed by atoms with Gasteiger partial charge in [0.25, 0.3) is 5.91 Å². The fraction of sp³-hybridized carbons (Fsp3) is 0.872. The molecule has 6 aliphatic rings. The van der Waals surface area contributed by atoms with Crippen molar-refractivity contribution < 1.29 is 57.5 Å². The van der Waals surface area contributed by atoms with Crippen molar-refractivity contribution in [1.29, 1.82) is 0 Å². The number of esters is 2. The molecule has 2 aromatic rings. The Balaban J connectivity index is -0.00000176. The maximum atomic E-state index is 12.5. The zero-order chi connectivity index (χ0) is 106. The lowest BCUT2D eigenvalue weighted by atomic mass is 9.67. The molecular weight excluding hydrogens is 1790 g/mol. The first-order valence-electron chi connectivity index (χ1n) is 53.3. The lowest BCUT2D eigenvalue weighted by Gasteiger charge is -2.61. The molecule has 143 heavy (non-hydrogen) atoms. The van der Waals surface area contributed by atoms with Gasteiger partial charge in [-0.05, 0) is 374 Å². The number of piperidine rings is 6. The number of anilines is 1. The number of ether oxygens (including phenoxy) is 4. The van der Waals surface area contributed by atoms with Gasteiger partial charge in [0.1, 0.15) is 24.8 Å². The fourth-order valence-electron chi connectivity index (χ4n) is 24.7. The normalized spacial score (nSPS) is 22.7. The minimum atomic E-state index is -0.294. The van der Waals surface area contributed by atoms with Crippen LogP contribution in [0.15, 0.2) is 30.6 Å². The molecule has 6 saturated heterocycles. The topological polar surface area (TPSA) is 281 Å². The molecule has 26 nitrogen and oxygen atoms in total. The van der Waals surface area contributed by atoms with Crippen LogP contribution in [0, 0.1) is 18.3 Å². The Morgan fingerprint density at radius 2 is 0.923 bits per heavy atom. The van der Waals surface area contributed by atoms with Gasteiger partial charge in [-0.15, -0.1) is 9.66 Å². The minimum absolute atomic E-state index is 0. The van der Waals surface area contributed by atoms with Crippen LogP contribution in [0.4, 0.5) is 5.95 Å². The Morgan fingerprint density at radius 1 is 0.517 bits per heavy atom. The fourth-order valence-corrected chi connectivity index (χ4v) is 24.7. The summed E-state index contributed by atoms with van der Waals surface area (Å²) in [7, 11) is 10.2. The van der Waals surface area contributed by atoms with Crippen molar-refractivity contribution in [3.05, 3.63) is 47.5 Å². The number of rotatable bonds is 40. The van der Waals surface area contributed by atoms with Crippen LogP contribution in [0.25, 0.3) is 0 Å². The van der Waals surface area contributed by atoms with Crippen LogP contribution in [0.1, 0.15) is 467 Å². The number of carbonyl (C=O) groups is 6. The maximum Gasteiger partial charge on any atom is 0.371 e. The zero-order valence-electron chi connectivity index (χ0n) is 96.2. The quantitative estimate of drug-likeness (QED) is 0.0141. The predicted molar refractivity (Wildman–Crippen MR) is 605 cm³/mol. The highest BCUT2D eigenvalue weighted by Gasteiger charge is 2.53. The van der Waals surface area contributed by atoms with Gasteiger partial charge in [0, 0.05) is 175 Å². The third kappa shape index (κ3) is 48.7. The lowest BCUT2D eigenvalue weighted by molar-refractivity contribution is -0.690. The third-order valence-corrected chi connectivity index (χ3v) is 30.1. The van der Waals surface area contributed by atoms with Crippen LogP contribution in [0.2, 0.25) is 0 Å². The average molecular weight is 2030 g/mol. The number of carbonyl (C=O) groups excluding carboxylic acids is 6. The second-order valence-corrected chi connectivity index (χ2v) is 50.6. The number of aliphatic hydroxyl groups is 1. The zero-order valence-corrected chi connectivity index (χ0v) is 96.2. The van der Waals surface area contributed by atoms with Crippen LogP contribution in [0.5, 0.6) is 0 Å². The van der Waals surface area contributed by atoms with Crippen LogP contribution < -0.4 is 41.6 Å². The Bertz CT molecular complexity index is 3920. The molecule has 0 saturated carbocycles. The van der Waals surface area contributed by atoms with E-state index >= 15 is 0 Å². The molecule has 8 rings (SSSR count). The summed E-state index contributed by atoms with van der Waals surface area (Å²) in [5.41, 5.74) is 2.52. The number of Topliss-reactive ketones (excluding diaryl/α,β-unsaturated/α-hetero) is 3. The summed E-state index contributed by atoms with van der Waals surface area (Å²) in [4.78, 5) is 91.6. The van der Waals surface area contributed by atoms with Crippen molar-refractivity contribution in [2.24, 2.45) is 11.3 Å². The lowest BCUT2D eigenvalue weighted by Crippen LogP contribution is -2.71. The highest BCUT2D eigenvalue weighted by Crippen LogP contribution is 2.47. The first kappa shape index (κ1) is 142. The molecule has 0 bridgehead atoms. The van der Waals surface area contributed by atoms with Crippen molar-refractivity contribution in [1.82, 2.24) is 61.1 Å². The van der Waals surface area contributed by atoms with Gasteiger partial charge in [-0.1, -0.05) is 116 Å². The van der Waals surface area contributed by atoms with Crippen LogP contribution >= 0.6 is 0 Å². The number of amides is 1. The maximum absolute atomic E-state index is 12.5. The molecule has 6 aliphatic heterocycles. The van der Waals surface area contributed by atoms with Crippen molar-refractivity contribution >= 4 is 41.1 Å². The SMILES string of the molecule is C.C.C.C.C.CCC1(C)CC(NC)C(C)C(C)(CC)N1CCCNC(=O)c1cccc(C(C)=O)c1.CCN(C)C1CC(C)(C)NC(C)(C)C1.CCO.COC1CC(C)(C)N(CCOC(=O)CCC(C)=O)C(C)(C)C1.COC1CC(C)(C)N(CCOC(=O)CCCCC(C)=O)C(C)(C)C1.Cc1nc[n+](N(CCCCCCN(C)C2CC(C)(C)NC(C)(C)C2)C2CC(C)(C)NC(C)(C)C2)c(NC(C)(C)CC(C)(C)C)n1. The summed E-state index contributed by atoms with van der Waals surface area (Å²) in [6.07, 6.45) is 26.6. The van der Waals surface area contributed by atoms with Crippen molar-refractivity contribution in [3.8, 4) is 0 Å². The molecule has 7 N–H and O–H groups in total. The number of nitrogens with zero attached hydrogens (tertiary/aromatic N) is 9. The van der Waals surface area contributed by atoms with Gasteiger partial charge in [-0.3, -0.25) is 44.2 Å². The molecule has 1 amide bonds. The monoisotopic (exact) mass is 2020 g/mol. The Hall–Kier alpha value is -5.23. The molecule has 0 radical (unpaired) electrons. The van der Waals surface area contributed by atoms with Gasteiger partial charge in [0.2, 0.25) is 12.2 Å². The number of aliphatic hydroxyl groups excluding tert-OH is 1. The molecule has 6 fully saturated rings. The highest BCUT2D eigenvalue weighted by atomic mass is 16.5. The molecule has 26 heteroatoms. The number of nitrogens with one attached hydrogen (secondary N) is 6. The van der Waals surface area contributed by atoms with E-state index in [1.807, 2.05) is 13.3 Å². The van der Waals surface area contributed by atoms with Crippen LogP contribution in [-0.4, -0.2) is 284 Å². The summed E-state index contributed by atoms with van der Waals surface area (Å²) < 4.78 is 24.1. The van der Waals surface area contributed by atoms with Gasteiger partial charge in [0.05, 0.1) is 30.2 Å². The number of likely N-dealkylation sites (tertiary alicyclic amines) is 3. The molecule has 0 aliphatic carbocycles. The number of hydrogen-bond acceptors (Lipinski definition) is 24. The Kier molecular flexibility index (Phi) is 60.8. The second kappa shape index (κ2) is 61.3. The Morgan fingerprint density at radius 3 is 1.31 bits per heavy atom. The van der Waals surface area contributed by atoms with Gasteiger partial charge in [-0.2, -0.15) is 0 Å². The standard InChI is InChI=1S/C37H72N8.C25H41N3O2.C19H35NO4.C17H31NO4.C12H26N2.C2H6O.5CH4/c1-28-38-27-45(31(39-28)40-37(13,14)26-32(2,3)4)44(30-24-35(9,10)42-36(11,12)25-30)21-19-17-16-18-20-43(15)29-22-33(5,6)41-34(7,8)23-29;1-8-24(5)17-22(26-7)18(3)25(6,9-2)28(24)15-11-14-27-23(30)21-13-10-12-20(16-21)19(4)29;1-15(21)9-7-8-10-17(22)24-12-11-20-18(2,3)13-16(23-6)14-19(20,4)5;1-13(19)7-8-15(20)22-10-9-18-16(2,3)11-14(21-6)12-17(18,4)5;1-7-14(6)10-8-11(2,3)13-12(4,5)9-10;1-2-3;;;;;/h27,29-30,41-42H,16-26H2,1-15H3;10,12-13,16,18,22,26H,8-9,11,14-15,17H2,1-7H3,(H,27,30);16H,7-14H2,1-6H3;14H,7-12H2,1-6H3;10,13H,7-9H2,1-6H3;3H,2H2,1H3;5*1H4/p+1. The second-order valence-electron chi connectivity index (χ2n) is 50.6. The minimum Gasteiger partial charge on any atom is -0.464 e. The summed E-state index contributed by atoms with van der Waals surface area (Å²) in [6, 6.07) is 9.21. The summed E-state index contributed by atoms with van der Waals surface area (Å²) in [5.74, 6) is 1.84. The van der Waals surface area contributed by atoms with E-state index in [1.54, 1.807) is 52.3 Å². The highest BCUT2D eigenvalue weighted by molar-refractivity contribution is 5.99. The summed E-state index contributed by atoms with van der Waals surface area (Å²) in [5, 5.41) is 32.1. The first-order valence-corrected chi connectivity index (χ1v) is 53.3. The van der Waals surface area contributed by atoms with E-state index in [0.717, 1.165) is 127 Å². The number of aromatic nitrogens is 3. The van der Waals surface area contributed by atoms with Crippen molar-refractivity contribution in [3.63, 3.8) is 0 Å². The van der Waals surface area contributed by atoms with Crippen molar-refractivity contribution in [2.75, 3.05) is 111 Å². The smallest absolute Gasteiger partial charge is 0.371 e. The number of benzene rings is 1. The largest absolute Gasteiger partial charge is 0.464 e. The predicted octanol–water partition coefficient (Wildman–Crippen LogP) is 22.4. The molecular formula is C117H232N15O11+. The molecule has 7 heterocycles. The Labute approximate surface area is 880 Å². The number of aryl methyl sites for hydroxylation is 1. The van der Waals surface area contributed by atoms with E-state index in [-0.39, 0.29) is 181 Å². The van der Waals surface area contributed by atoms with Gasteiger partial charge >= 0.3 is 17.9 Å². The third-order valence-electron chi connectivity index (χ3n) is 30.1. The van der Waals surface area contributed by atoms with E-state index in [9.17, 15) is 28.8 Å². The number of unbranched alkanes of at least 4 members (excludes halogenated alkanes) is 4. The van der Waals surface area contributed by atoms with Crippen LogP contribution in [0.3, 0.4) is 0 Å². The molecule has 4 unspecified atom stereocenters. The molecule has 4 atom stereocenters. The number of methoxy groups -OCH3 is 2. The van der Waals surface area contributed by atoms with E-state index in [0.29, 0.717) is 80.7 Å².